The number of esters is 1. The first-order valence-electron chi connectivity index (χ1n) is 8.55. The van der Waals surface area contributed by atoms with E-state index in [4.69, 9.17) is 30.5 Å². The first-order valence-corrected chi connectivity index (χ1v) is 8.93. The second-order valence-corrected chi connectivity index (χ2v) is 6.08. The van der Waals surface area contributed by atoms with Crippen molar-refractivity contribution < 1.29 is 28.5 Å². The second kappa shape index (κ2) is 9.85. The summed E-state index contributed by atoms with van der Waals surface area (Å²) in [5, 5.41) is 2.85. The Hall–Kier alpha value is -2.93. The van der Waals surface area contributed by atoms with E-state index in [9.17, 15) is 9.59 Å². The van der Waals surface area contributed by atoms with Crippen LogP contribution < -0.4 is 19.5 Å². The first-order chi connectivity index (χ1) is 13.4. The molecule has 0 aliphatic carbocycles. The van der Waals surface area contributed by atoms with Gasteiger partial charge in [-0.2, -0.15) is 0 Å². The van der Waals surface area contributed by atoms with Gasteiger partial charge in [-0.15, -0.1) is 0 Å². The molecule has 28 heavy (non-hydrogen) atoms. The Morgan fingerprint density at radius 2 is 1.71 bits per heavy atom. The summed E-state index contributed by atoms with van der Waals surface area (Å²) >= 11 is 6.21. The van der Waals surface area contributed by atoms with E-state index in [0.29, 0.717) is 17.2 Å². The number of carbonyl (C=O) groups excluding carboxylic acids is 2. The van der Waals surface area contributed by atoms with Gasteiger partial charge in [0.15, 0.2) is 6.10 Å². The molecule has 7 nitrogen and oxygen atoms in total. The molecule has 8 heteroatoms. The Balaban J connectivity index is 2.12. The first kappa shape index (κ1) is 21.4. The van der Waals surface area contributed by atoms with Crippen LogP contribution in [-0.4, -0.2) is 38.8 Å². The standard InChI is InChI=1S/C20H22ClNO6/c1-5-27-20(24)15-10-16(21)17(11-18(15)26-4)22-19(23)12(2)28-14-8-6-13(25-3)7-9-14/h6-12H,5H2,1-4H3,(H,22,23). The fraction of sp³-hybridized carbons (Fsp3) is 0.300. The molecule has 0 saturated carbocycles. The van der Waals surface area contributed by atoms with Crippen LogP contribution in [0.25, 0.3) is 0 Å². The molecule has 0 heterocycles. The zero-order valence-electron chi connectivity index (χ0n) is 16.1. The molecule has 2 rings (SSSR count). The van der Waals surface area contributed by atoms with Crippen molar-refractivity contribution in [2.75, 3.05) is 26.1 Å². The van der Waals surface area contributed by atoms with Crippen LogP contribution in [0.5, 0.6) is 17.2 Å². The number of benzene rings is 2. The highest BCUT2D eigenvalue weighted by molar-refractivity contribution is 6.34. The van der Waals surface area contributed by atoms with Gasteiger partial charge < -0.3 is 24.3 Å². The van der Waals surface area contributed by atoms with E-state index < -0.39 is 18.0 Å². The minimum Gasteiger partial charge on any atom is -0.497 e. The highest BCUT2D eigenvalue weighted by Crippen LogP contribution is 2.31. The molecule has 0 saturated heterocycles. The average Bonchev–Trinajstić information content (AvgIpc) is 2.69. The number of halogens is 1. The molecule has 0 spiro atoms. The molecule has 0 aliphatic heterocycles. The maximum absolute atomic E-state index is 12.5. The SMILES string of the molecule is CCOC(=O)c1cc(Cl)c(NC(=O)C(C)Oc2ccc(OC)cc2)cc1OC. The normalized spacial score (nSPS) is 11.3. The summed E-state index contributed by atoms with van der Waals surface area (Å²) in [4.78, 5) is 24.5. The maximum Gasteiger partial charge on any atom is 0.341 e. The lowest BCUT2D eigenvalue weighted by atomic mass is 10.1. The van der Waals surface area contributed by atoms with Crippen LogP contribution in [0.15, 0.2) is 36.4 Å². The third kappa shape index (κ3) is 5.29. The summed E-state index contributed by atoms with van der Waals surface area (Å²) < 4.78 is 20.9. The van der Waals surface area contributed by atoms with Crippen molar-refractivity contribution in [1.29, 1.82) is 0 Å². The quantitative estimate of drug-likeness (QED) is 0.667. The fourth-order valence-electron chi connectivity index (χ4n) is 2.33. The number of carbonyl (C=O) groups is 2. The topological polar surface area (TPSA) is 83.1 Å². The lowest BCUT2D eigenvalue weighted by Gasteiger charge is -2.17. The van der Waals surface area contributed by atoms with Crippen molar-refractivity contribution in [3.8, 4) is 17.2 Å². The number of rotatable bonds is 8. The van der Waals surface area contributed by atoms with E-state index in [2.05, 4.69) is 5.32 Å². The summed E-state index contributed by atoms with van der Waals surface area (Å²) in [6.07, 6.45) is -0.791. The highest BCUT2D eigenvalue weighted by Gasteiger charge is 2.20. The molecule has 1 amide bonds. The minimum atomic E-state index is -0.791. The van der Waals surface area contributed by atoms with Crippen LogP contribution >= 0.6 is 11.6 Å². The number of anilines is 1. The molecule has 1 unspecified atom stereocenters. The number of hydrogen-bond acceptors (Lipinski definition) is 6. The zero-order chi connectivity index (χ0) is 20.7. The van der Waals surface area contributed by atoms with Gasteiger partial charge in [-0.25, -0.2) is 4.79 Å². The molecule has 0 fully saturated rings. The number of hydrogen-bond donors (Lipinski definition) is 1. The number of ether oxygens (including phenoxy) is 4. The van der Waals surface area contributed by atoms with E-state index in [-0.39, 0.29) is 22.9 Å². The number of amides is 1. The Morgan fingerprint density at radius 1 is 1.07 bits per heavy atom. The largest absolute Gasteiger partial charge is 0.497 e. The number of nitrogens with one attached hydrogen (secondary N) is 1. The van der Waals surface area contributed by atoms with E-state index >= 15 is 0 Å². The monoisotopic (exact) mass is 407 g/mol. The van der Waals surface area contributed by atoms with Crippen molar-refractivity contribution in [3.63, 3.8) is 0 Å². The molecule has 0 bridgehead atoms. The predicted octanol–water partition coefficient (Wildman–Crippen LogP) is 3.94. The van der Waals surface area contributed by atoms with E-state index in [1.54, 1.807) is 45.2 Å². The van der Waals surface area contributed by atoms with Gasteiger partial charge in [-0.05, 0) is 44.2 Å². The van der Waals surface area contributed by atoms with Gasteiger partial charge >= 0.3 is 5.97 Å². The van der Waals surface area contributed by atoms with Crippen molar-refractivity contribution in [2.45, 2.75) is 20.0 Å². The predicted molar refractivity (Wildman–Crippen MR) is 106 cm³/mol. The molecule has 1 atom stereocenters. The van der Waals surface area contributed by atoms with Crippen molar-refractivity contribution in [1.82, 2.24) is 0 Å². The molecule has 0 aliphatic rings. The molecule has 0 radical (unpaired) electrons. The van der Waals surface area contributed by atoms with Gasteiger partial charge in [-0.1, -0.05) is 11.6 Å². The Bertz CT molecular complexity index is 837. The van der Waals surface area contributed by atoms with Gasteiger partial charge in [0.05, 0.1) is 31.5 Å². The van der Waals surface area contributed by atoms with Gasteiger partial charge in [0.2, 0.25) is 0 Å². The second-order valence-electron chi connectivity index (χ2n) is 5.68. The molecule has 2 aromatic rings. The summed E-state index contributed by atoms with van der Waals surface area (Å²) in [6, 6.07) is 9.72. The smallest absolute Gasteiger partial charge is 0.341 e. The van der Waals surface area contributed by atoms with E-state index in [1.165, 1.54) is 19.2 Å². The van der Waals surface area contributed by atoms with Crippen LogP contribution in [0.2, 0.25) is 5.02 Å². The average molecular weight is 408 g/mol. The third-order valence-corrected chi connectivity index (χ3v) is 4.10. The van der Waals surface area contributed by atoms with Crippen molar-refractivity contribution >= 4 is 29.2 Å². The number of methoxy groups -OCH3 is 2. The Labute approximate surface area is 168 Å². The molecular weight excluding hydrogens is 386 g/mol. The molecular formula is C20H22ClNO6. The lowest BCUT2D eigenvalue weighted by Crippen LogP contribution is -2.30. The van der Waals surface area contributed by atoms with Gasteiger partial charge in [0, 0.05) is 6.07 Å². The minimum absolute atomic E-state index is 0.175. The Morgan fingerprint density at radius 3 is 2.29 bits per heavy atom. The maximum atomic E-state index is 12.5. The van der Waals surface area contributed by atoms with Crippen LogP contribution in [-0.2, 0) is 9.53 Å². The molecule has 0 aromatic heterocycles. The van der Waals surface area contributed by atoms with Gasteiger partial charge in [0.1, 0.15) is 22.8 Å². The van der Waals surface area contributed by atoms with Crippen LogP contribution in [0.1, 0.15) is 24.2 Å². The summed E-state index contributed by atoms with van der Waals surface area (Å²) in [5.41, 5.74) is 0.469. The summed E-state index contributed by atoms with van der Waals surface area (Å²) in [6.45, 7) is 3.53. The van der Waals surface area contributed by atoms with Crippen LogP contribution in [0.4, 0.5) is 5.69 Å². The summed E-state index contributed by atoms with van der Waals surface area (Å²) in [5.74, 6) is 0.468. The van der Waals surface area contributed by atoms with Crippen molar-refractivity contribution in [2.24, 2.45) is 0 Å². The highest BCUT2D eigenvalue weighted by atomic mass is 35.5. The third-order valence-electron chi connectivity index (χ3n) is 3.78. The zero-order valence-corrected chi connectivity index (χ0v) is 16.8. The van der Waals surface area contributed by atoms with E-state index in [1.807, 2.05) is 0 Å². The molecule has 150 valence electrons. The lowest BCUT2D eigenvalue weighted by molar-refractivity contribution is -0.122. The molecule has 1 N–H and O–H groups in total. The molecule has 2 aromatic carbocycles. The van der Waals surface area contributed by atoms with Crippen molar-refractivity contribution in [3.05, 3.63) is 47.0 Å². The summed E-state index contributed by atoms with van der Waals surface area (Å²) in [7, 11) is 2.98. The van der Waals surface area contributed by atoms with Gasteiger partial charge in [0.25, 0.3) is 5.91 Å². The van der Waals surface area contributed by atoms with Crippen LogP contribution in [0, 0.1) is 0 Å². The van der Waals surface area contributed by atoms with E-state index in [0.717, 1.165) is 0 Å². The Kier molecular flexibility index (Phi) is 7.52. The fourth-order valence-corrected chi connectivity index (χ4v) is 2.54. The van der Waals surface area contributed by atoms with Gasteiger partial charge in [-0.3, -0.25) is 4.79 Å². The van der Waals surface area contributed by atoms with Crippen LogP contribution in [0.3, 0.4) is 0 Å².